The van der Waals surface area contributed by atoms with Gasteiger partial charge < -0.3 is 19.9 Å². The number of hydrogen-bond donors (Lipinski definition) is 1. The third-order valence-electron chi connectivity index (χ3n) is 7.49. The quantitative estimate of drug-likeness (QED) is 0.314. The number of amides is 1. The topological polar surface area (TPSA) is 105 Å². The van der Waals surface area contributed by atoms with Crippen LogP contribution in [0.3, 0.4) is 0 Å². The molecule has 1 aliphatic heterocycles. The molecule has 1 amide bonds. The van der Waals surface area contributed by atoms with Gasteiger partial charge in [0, 0.05) is 19.3 Å². The number of hydrogen-bond acceptors (Lipinski definition) is 8. The molecule has 1 aliphatic carbocycles. The van der Waals surface area contributed by atoms with Gasteiger partial charge in [0.2, 0.25) is 0 Å². The number of anilines is 2. The second kappa shape index (κ2) is 11.3. The van der Waals surface area contributed by atoms with Gasteiger partial charge in [-0.15, -0.1) is 0 Å². The average molecular weight is 584 g/mol. The molecule has 1 atom stereocenters. The summed E-state index contributed by atoms with van der Waals surface area (Å²) in [6.45, 7) is 2.81. The number of methoxy groups -OCH3 is 1. The molecule has 6 rings (SSSR count). The van der Waals surface area contributed by atoms with E-state index in [4.69, 9.17) is 21.3 Å². The minimum absolute atomic E-state index is 0.193. The van der Waals surface area contributed by atoms with Gasteiger partial charge in [-0.1, -0.05) is 42.0 Å². The van der Waals surface area contributed by atoms with Crippen molar-refractivity contribution in [1.82, 2.24) is 24.4 Å². The summed E-state index contributed by atoms with van der Waals surface area (Å²) in [6.07, 6.45) is 8.86. The van der Waals surface area contributed by atoms with E-state index in [0.29, 0.717) is 58.6 Å². The van der Waals surface area contributed by atoms with Gasteiger partial charge in [0.15, 0.2) is 0 Å². The van der Waals surface area contributed by atoms with Crippen molar-refractivity contribution in [2.75, 3.05) is 31.0 Å². The lowest BCUT2D eigenvalue weighted by molar-refractivity contribution is 0.0781. The Hall–Kier alpha value is -4.70. The van der Waals surface area contributed by atoms with E-state index in [-0.39, 0.29) is 11.5 Å². The molecule has 4 aromatic rings. The molecule has 42 heavy (non-hydrogen) atoms. The number of halogens is 1. The van der Waals surface area contributed by atoms with Crippen LogP contribution in [0.2, 0.25) is 5.02 Å². The van der Waals surface area contributed by atoms with Gasteiger partial charge in [-0.3, -0.25) is 14.2 Å². The zero-order valence-electron chi connectivity index (χ0n) is 23.5. The second-order valence-electron chi connectivity index (χ2n) is 10.3. The van der Waals surface area contributed by atoms with Crippen molar-refractivity contribution < 1.29 is 9.53 Å². The molecule has 10 nitrogen and oxygen atoms in total. The number of nitrogens with one attached hydrogen (secondary N) is 1. The van der Waals surface area contributed by atoms with Crippen molar-refractivity contribution in [3.63, 3.8) is 0 Å². The summed E-state index contributed by atoms with van der Waals surface area (Å²) in [5, 5.41) is 4.11. The first kappa shape index (κ1) is 27.5. The summed E-state index contributed by atoms with van der Waals surface area (Å²) in [6, 6.07) is 12.5. The Morgan fingerprint density at radius 3 is 2.67 bits per heavy atom. The van der Waals surface area contributed by atoms with Gasteiger partial charge in [0.05, 0.1) is 35.7 Å². The molecule has 0 spiro atoms. The van der Waals surface area contributed by atoms with E-state index in [1.807, 2.05) is 48.2 Å². The fourth-order valence-electron chi connectivity index (χ4n) is 5.40. The SMILES string of the molecule is COc1ccc(CN2CN(C)C(=O)c3c(N[C@@H](C)c4nc5cccc(Cl)c5c(=O)n4C4=CC=CCC4)ncnc32)cc1. The van der Waals surface area contributed by atoms with Crippen molar-refractivity contribution in [3.8, 4) is 5.75 Å². The van der Waals surface area contributed by atoms with Crippen molar-refractivity contribution >= 4 is 45.7 Å². The van der Waals surface area contributed by atoms with Gasteiger partial charge in [-0.25, -0.2) is 15.0 Å². The summed E-state index contributed by atoms with van der Waals surface area (Å²) in [5.41, 5.74) is 2.51. The van der Waals surface area contributed by atoms with Crippen LogP contribution in [0.1, 0.15) is 47.6 Å². The number of carbonyl (C=O) groups is 1. The third kappa shape index (κ3) is 4.98. The minimum atomic E-state index is -0.498. The number of benzene rings is 2. The lowest BCUT2D eigenvalue weighted by atomic mass is 10.1. The molecule has 214 valence electrons. The molecule has 0 fully saturated rings. The number of fused-ring (bicyclic) bond motifs is 2. The molecule has 11 heteroatoms. The van der Waals surface area contributed by atoms with Crippen LogP contribution >= 0.6 is 11.6 Å². The molecule has 0 saturated carbocycles. The standard InChI is InChI=1S/C31H30ClN7O3/c1-19(28-36-24-11-7-10-23(32)25(24)31(41)39(28)21-8-5-4-6-9-21)35-27-26-29(34-17-33-27)38(18-37(2)30(26)40)16-20-12-14-22(42-3)15-13-20/h4-5,7-8,10-15,17,19H,6,9,16,18H2,1-3H3,(H,33,34,35)/t19-/m0/s1. The Labute approximate surface area is 247 Å². The first-order valence-corrected chi connectivity index (χ1v) is 14.1. The minimum Gasteiger partial charge on any atom is -0.497 e. The first-order chi connectivity index (χ1) is 20.4. The first-order valence-electron chi connectivity index (χ1n) is 13.7. The predicted octanol–water partition coefficient (Wildman–Crippen LogP) is 5.26. The maximum absolute atomic E-state index is 13.9. The molecular weight excluding hydrogens is 554 g/mol. The summed E-state index contributed by atoms with van der Waals surface area (Å²) in [4.78, 5) is 44.9. The Morgan fingerprint density at radius 1 is 1.12 bits per heavy atom. The van der Waals surface area contributed by atoms with Crippen LogP contribution in [-0.4, -0.2) is 51.2 Å². The van der Waals surface area contributed by atoms with Gasteiger partial charge in [0.1, 0.15) is 35.1 Å². The number of ether oxygens (including phenoxy) is 1. The van der Waals surface area contributed by atoms with Crippen LogP contribution in [0.5, 0.6) is 5.75 Å². The van der Waals surface area contributed by atoms with E-state index in [9.17, 15) is 9.59 Å². The van der Waals surface area contributed by atoms with E-state index in [1.54, 1.807) is 41.8 Å². The molecule has 1 N–H and O–H groups in total. The molecular formula is C31H30ClN7O3. The van der Waals surface area contributed by atoms with Gasteiger partial charge in [-0.05, 0) is 55.7 Å². The largest absolute Gasteiger partial charge is 0.497 e. The highest BCUT2D eigenvalue weighted by molar-refractivity contribution is 6.35. The summed E-state index contributed by atoms with van der Waals surface area (Å²) in [7, 11) is 3.38. The zero-order valence-corrected chi connectivity index (χ0v) is 24.3. The molecule has 2 aromatic carbocycles. The van der Waals surface area contributed by atoms with Crippen molar-refractivity contribution in [1.29, 1.82) is 0 Å². The number of carbonyl (C=O) groups excluding carboxylic acids is 1. The zero-order chi connectivity index (χ0) is 29.4. The van der Waals surface area contributed by atoms with E-state index in [2.05, 4.69) is 21.4 Å². The smallest absolute Gasteiger partial charge is 0.267 e. The van der Waals surface area contributed by atoms with E-state index >= 15 is 0 Å². The second-order valence-corrected chi connectivity index (χ2v) is 10.8. The number of allylic oxidation sites excluding steroid dienone is 4. The summed E-state index contributed by atoms with van der Waals surface area (Å²) < 4.78 is 6.92. The maximum atomic E-state index is 13.9. The lowest BCUT2D eigenvalue weighted by Gasteiger charge is -2.36. The molecule has 0 unspecified atom stereocenters. The Kier molecular flexibility index (Phi) is 7.38. The molecule has 0 radical (unpaired) electrons. The van der Waals surface area contributed by atoms with E-state index in [1.165, 1.54) is 6.33 Å². The lowest BCUT2D eigenvalue weighted by Crippen LogP contribution is -2.45. The molecule has 0 bridgehead atoms. The fraction of sp³-hybridized carbons (Fsp3) is 0.258. The molecule has 2 aliphatic rings. The van der Waals surface area contributed by atoms with Crippen LogP contribution in [-0.2, 0) is 6.54 Å². The fourth-order valence-corrected chi connectivity index (χ4v) is 5.65. The normalized spacial score (nSPS) is 15.4. The Bertz CT molecular complexity index is 1800. The highest BCUT2D eigenvalue weighted by Gasteiger charge is 2.33. The number of aromatic nitrogens is 4. The van der Waals surface area contributed by atoms with Crippen LogP contribution < -0.4 is 20.5 Å². The predicted molar refractivity (Wildman–Crippen MR) is 164 cm³/mol. The van der Waals surface area contributed by atoms with Gasteiger partial charge in [-0.2, -0.15) is 0 Å². The van der Waals surface area contributed by atoms with E-state index in [0.717, 1.165) is 23.4 Å². The summed E-state index contributed by atoms with van der Waals surface area (Å²) in [5.74, 6) is 1.98. The van der Waals surface area contributed by atoms with Crippen LogP contribution in [0.25, 0.3) is 16.6 Å². The van der Waals surface area contributed by atoms with Gasteiger partial charge >= 0.3 is 0 Å². The molecule has 0 saturated heterocycles. The highest BCUT2D eigenvalue weighted by atomic mass is 35.5. The Morgan fingerprint density at radius 2 is 1.93 bits per heavy atom. The van der Waals surface area contributed by atoms with Crippen LogP contribution in [0.15, 0.2) is 71.8 Å². The van der Waals surface area contributed by atoms with Crippen LogP contribution in [0.4, 0.5) is 11.6 Å². The van der Waals surface area contributed by atoms with Crippen molar-refractivity contribution in [2.45, 2.75) is 32.4 Å². The maximum Gasteiger partial charge on any atom is 0.267 e. The average Bonchev–Trinajstić information content (AvgIpc) is 3.00. The monoisotopic (exact) mass is 583 g/mol. The van der Waals surface area contributed by atoms with Crippen molar-refractivity contribution in [3.05, 3.63) is 99.3 Å². The number of nitrogens with zero attached hydrogens (tertiary/aromatic N) is 6. The number of rotatable bonds is 7. The van der Waals surface area contributed by atoms with Crippen molar-refractivity contribution in [2.24, 2.45) is 0 Å². The summed E-state index contributed by atoms with van der Waals surface area (Å²) >= 11 is 6.46. The Balaban J connectivity index is 1.40. The van der Waals surface area contributed by atoms with Crippen LogP contribution in [0, 0.1) is 0 Å². The highest BCUT2D eigenvalue weighted by Crippen LogP contribution is 2.33. The molecule has 3 heterocycles. The molecule has 2 aromatic heterocycles. The third-order valence-corrected chi connectivity index (χ3v) is 7.81. The van der Waals surface area contributed by atoms with Gasteiger partial charge in [0.25, 0.3) is 11.5 Å². The van der Waals surface area contributed by atoms with E-state index < -0.39 is 6.04 Å².